The van der Waals surface area contributed by atoms with E-state index in [0.717, 1.165) is 32.5 Å². The highest BCUT2D eigenvalue weighted by atomic mass is 16.5. The van der Waals surface area contributed by atoms with Gasteiger partial charge in [0.25, 0.3) is 5.91 Å². The highest BCUT2D eigenvalue weighted by molar-refractivity contribution is 5.96. The van der Waals surface area contributed by atoms with Gasteiger partial charge in [0.2, 0.25) is 5.91 Å². The first-order valence-corrected chi connectivity index (χ1v) is 7.39. The summed E-state index contributed by atoms with van der Waals surface area (Å²) in [5.41, 5.74) is 1.20. The maximum absolute atomic E-state index is 12.1. The molecule has 2 amide bonds. The standard InChI is InChI=1S/C16H22N2O3/c1-12(19)18-15-4-2-3-14(11-15)16(20)17-8-5-13-6-9-21-10-7-13/h2-4,11,13H,5-10H2,1H3,(H,17,20)(H,18,19). The Morgan fingerprint density at radius 1 is 1.29 bits per heavy atom. The summed E-state index contributed by atoms with van der Waals surface area (Å²) in [7, 11) is 0. The van der Waals surface area contributed by atoms with Crippen molar-refractivity contribution < 1.29 is 14.3 Å². The molecule has 0 bridgehead atoms. The summed E-state index contributed by atoms with van der Waals surface area (Å²) < 4.78 is 5.32. The molecule has 0 aliphatic carbocycles. The van der Waals surface area contributed by atoms with Crippen molar-refractivity contribution in [2.75, 3.05) is 25.1 Å². The van der Waals surface area contributed by atoms with Crippen LogP contribution in [0.25, 0.3) is 0 Å². The molecule has 0 saturated carbocycles. The van der Waals surface area contributed by atoms with Crippen LogP contribution < -0.4 is 10.6 Å². The average molecular weight is 290 g/mol. The Kier molecular flexibility index (Phi) is 5.75. The molecule has 1 saturated heterocycles. The van der Waals surface area contributed by atoms with Crippen LogP contribution in [0.4, 0.5) is 5.69 Å². The molecule has 0 aromatic heterocycles. The number of carbonyl (C=O) groups is 2. The lowest BCUT2D eigenvalue weighted by Crippen LogP contribution is -2.27. The minimum atomic E-state index is -0.146. The number of benzene rings is 1. The van der Waals surface area contributed by atoms with Gasteiger partial charge in [0, 0.05) is 37.9 Å². The Morgan fingerprint density at radius 2 is 2.05 bits per heavy atom. The van der Waals surface area contributed by atoms with Crippen molar-refractivity contribution in [1.29, 1.82) is 0 Å². The molecule has 1 fully saturated rings. The van der Waals surface area contributed by atoms with Gasteiger partial charge < -0.3 is 15.4 Å². The predicted octanol–water partition coefficient (Wildman–Crippen LogP) is 2.19. The van der Waals surface area contributed by atoms with Crippen LogP contribution in [-0.2, 0) is 9.53 Å². The smallest absolute Gasteiger partial charge is 0.251 e. The van der Waals surface area contributed by atoms with Crippen molar-refractivity contribution in [3.05, 3.63) is 29.8 Å². The first-order chi connectivity index (χ1) is 10.1. The van der Waals surface area contributed by atoms with Gasteiger partial charge in [0.1, 0.15) is 0 Å². The SMILES string of the molecule is CC(=O)Nc1cccc(C(=O)NCCC2CCOCC2)c1. The molecule has 0 unspecified atom stereocenters. The molecule has 5 nitrogen and oxygen atoms in total. The van der Waals surface area contributed by atoms with E-state index in [1.165, 1.54) is 6.92 Å². The number of amides is 2. The van der Waals surface area contributed by atoms with E-state index in [1.807, 2.05) is 0 Å². The zero-order valence-electron chi connectivity index (χ0n) is 12.4. The van der Waals surface area contributed by atoms with Gasteiger partial charge in [-0.05, 0) is 43.4 Å². The Bertz CT molecular complexity index is 496. The van der Waals surface area contributed by atoms with Crippen molar-refractivity contribution in [3.8, 4) is 0 Å². The first kappa shape index (κ1) is 15.5. The van der Waals surface area contributed by atoms with E-state index in [2.05, 4.69) is 10.6 Å². The topological polar surface area (TPSA) is 67.4 Å². The van der Waals surface area contributed by atoms with E-state index in [-0.39, 0.29) is 11.8 Å². The largest absolute Gasteiger partial charge is 0.381 e. The first-order valence-electron chi connectivity index (χ1n) is 7.39. The molecular formula is C16H22N2O3. The van der Waals surface area contributed by atoms with Crippen molar-refractivity contribution in [3.63, 3.8) is 0 Å². The molecule has 114 valence electrons. The average Bonchev–Trinajstić information content (AvgIpc) is 2.48. The highest BCUT2D eigenvalue weighted by Gasteiger charge is 2.14. The van der Waals surface area contributed by atoms with Gasteiger partial charge in [0.05, 0.1) is 0 Å². The van der Waals surface area contributed by atoms with E-state index < -0.39 is 0 Å². The molecule has 0 spiro atoms. The van der Waals surface area contributed by atoms with Gasteiger partial charge in [-0.1, -0.05) is 6.07 Å². The van der Waals surface area contributed by atoms with Crippen LogP contribution in [0.1, 0.15) is 36.5 Å². The van der Waals surface area contributed by atoms with Crippen molar-refractivity contribution in [2.24, 2.45) is 5.92 Å². The molecule has 1 heterocycles. The van der Waals surface area contributed by atoms with Crippen LogP contribution in [0, 0.1) is 5.92 Å². The molecule has 1 aliphatic rings. The fraction of sp³-hybridized carbons (Fsp3) is 0.500. The fourth-order valence-corrected chi connectivity index (χ4v) is 2.47. The Hall–Kier alpha value is -1.88. The minimum Gasteiger partial charge on any atom is -0.381 e. The third-order valence-electron chi connectivity index (χ3n) is 3.62. The van der Waals surface area contributed by atoms with Gasteiger partial charge in [-0.25, -0.2) is 0 Å². The van der Waals surface area contributed by atoms with Crippen LogP contribution >= 0.6 is 0 Å². The second-order valence-corrected chi connectivity index (χ2v) is 5.36. The zero-order valence-corrected chi connectivity index (χ0v) is 12.4. The zero-order chi connectivity index (χ0) is 15.1. The third kappa shape index (κ3) is 5.19. The van der Waals surface area contributed by atoms with Crippen LogP contribution in [-0.4, -0.2) is 31.6 Å². The van der Waals surface area contributed by atoms with Gasteiger partial charge in [-0.3, -0.25) is 9.59 Å². The summed E-state index contributed by atoms with van der Waals surface area (Å²) >= 11 is 0. The van der Waals surface area contributed by atoms with Crippen LogP contribution in [0.15, 0.2) is 24.3 Å². The number of carbonyl (C=O) groups excluding carboxylic acids is 2. The molecule has 1 aliphatic heterocycles. The monoisotopic (exact) mass is 290 g/mol. The third-order valence-corrected chi connectivity index (χ3v) is 3.62. The Balaban J connectivity index is 1.80. The summed E-state index contributed by atoms with van der Waals surface area (Å²) in [6, 6.07) is 6.96. The number of hydrogen-bond donors (Lipinski definition) is 2. The molecule has 21 heavy (non-hydrogen) atoms. The molecule has 1 aromatic rings. The fourth-order valence-electron chi connectivity index (χ4n) is 2.47. The predicted molar refractivity (Wildman–Crippen MR) is 81.2 cm³/mol. The summed E-state index contributed by atoms with van der Waals surface area (Å²) in [5.74, 6) is 0.395. The van der Waals surface area contributed by atoms with E-state index in [1.54, 1.807) is 24.3 Å². The quantitative estimate of drug-likeness (QED) is 0.873. The van der Waals surface area contributed by atoms with Crippen LogP contribution in [0.2, 0.25) is 0 Å². The number of ether oxygens (including phenoxy) is 1. The van der Waals surface area contributed by atoms with E-state index in [4.69, 9.17) is 4.74 Å². The molecule has 1 aromatic carbocycles. The summed E-state index contributed by atoms with van der Waals surface area (Å²) in [4.78, 5) is 23.1. The number of nitrogens with one attached hydrogen (secondary N) is 2. The minimum absolute atomic E-state index is 0.103. The maximum Gasteiger partial charge on any atom is 0.251 e. The van der Waals surface area contributed by atoms with E-state index >= 15 is 0 Å². The van der Waals surface area contributed by atoms with Crippen molar-refractivity contribution in [2.45, 2.75) is 26.2 Å². The second kappa shape index (κ2) is 7.78. The van der Waals surface area contributed by atoms with Gasteiger partial charge in [-0.15, -0.1) is 0 Å². The lowest BCUT2D eigenvalue weighted by atomic mass is 9.97. The molecule has 2 N–H and O–H groups in total. The summed E-state index contributed by atoms with van der Waals surface area (Å²) in [6.07, 6.45) is 3.14. The Morgan fingerprint density at radius 3 is 2.76 bits per heavy atom. The summed E-state index contributed by atoms with van der Waals surface area (Å²) in [6.45, 7) is 3.78. The van der Waals surface area contributed by atoms with Gasteiger partial charge in [0.15, 0.2) is 0 Å². The lowest BCUT2D eigenvalue weighted by Gasteiger charge is -2.21. The van der Waals surface area contributed by atoms with Gasteiger partial charge >= 0.3 is 0 Å². The van der Waals surface area contributed by atoms with Crippen molar-refractivity contribution in [1.82, 2.24) is 5.32 Å². The molecular weight excluding hydrogens is 268 g/mol. The number of rotatable bonds is 5. The van der Waals surface area contributed by atoms with E-state index in [9.17, 15) is 9.59 Å². The molecule has 5 heteroatoms. The lowest BCUT2D eigenvalue weighted by molar-refractivity contribution is -0.114. The number of hydrogen-bond acceptors (Lipinski definition) is 3. The second-order valence-electron chi connectivity index (χ2n) is 5.36. The van der Waals surface area contributed by atoms with E-state index in [0.29, 0.717) is 23.7 Å². The normalized spacial score (nSPS) is 15.5. The number of anilines is 1. The molecule has 2 rings (SSSR count). The highest BCUT2D eigenvalue weighted by Crippen LogP contribution is 2.17. The van der Waals surface area contributed by atoms with Crippen LogP contribution in [0.3, 0.4) is 0 Å². The molecule has 0 atom stereocenters. The molecule has 0 radical (unpaired) electrons. The van der Waals surface area contributed by atoms with Crippen LogP contribution in [0.5, 0.6) is 0 Å². The maximum atomic E-state index is 12.1. The summed E-state index contributed by atoms with van der Waals surface area (Å²) in [5, 5.41) is 5.61. The Labute approximate surface area is 125 Å². The van der Waals surface area contributed by atoms with Gasteiger partial charge in [-0.2, -0.15) is 0 Å². The van der Waals surface area contributed by atoms with Crippen molar-refractivity contribution >= 4 is 17.5 Å².